The van der Waals surface area contributed by atoms with Crippen LogP contribution in [0.25, 0.3) is 0 Å². The van der Waals surface area contributed by atoms with E-state index in [2.05, 4.69) is 0 Å². The van der Waals surface area contributed by atoms with E-state index in [1.165, 1.54) is 25.3 Å². The molecule has 4 nitrogen and oxygen atoms in total. The predicted octanol–water partition coefficient (Wildman–Crippen LogP) is 1.80. The average Bonchev–Trinajstić information content (AvgIpc) is 2.37. The first-order valence-corrected chi connectivity index (χ1v) is 9.43. The van der Waals surface area contributed by atoms with Gasteiger partial charge < -0.3 is 10.0 Å². The van der Waals surface area contributed by atoms with Crippen molar-refractivity contribution >= 4 is 27.3 Å². The molecule has 1 aliphatic rings. The van der Waals surface area contributed by atoms with Gasteiger partial charge in [0.25, 0.3) is 0 Å². The fourth-order valence-corrected chi connectivity index (χ4v) is 5.23. The maximum absolute atomic E-state index is 13.9. The first-order chi connectivity index (χ1) is 9.32. The highest BCUT2D eigenvalue weighted by atomic mass is 32.2. The van der Waals surface area contributed by atoms with Gasteiger partial charge in [-0.05, 0) is 19.1 Å². The van der Waals surface area contributed by atoms with E-state index in [9.17, 15) is 17.9 Å². The molecule has 0 aromatic heterocycles. The molecule has 1 aromatic rings. The molecule has 1 unspecified atom stereocenters. The van der Waals surface area contributed by atoms with Crippen LogP contribution >= 0.6 is 11.8 Å². The molecule has 2 rings (SSSR count). The lowest BCUT2D eigenvalue weighted by atomic mass is 10.1. The van der Waals surface area contributed by atoms with Crippen molar-refractivity contribution in [2.45, 2.75) is 18.4 Å². The van der Waals surface area contributed by atoms with Crippen LogP contribution in [0.5, 0.6) is 0 Å². The molecule has 0 spiro atoms. The number of hydrogen-bond donors (Lipinski definition) is 1. The molecule has 0 bridgehead atoms. The molecule has 0 aliphatic carbocycles. The van der Waals surface area contributed by atoms with Crippen LogP contribution in [0.1, 0.15) is 18.6 Å². The first-order valence-electron chi connectivity index (χ1n) is 6.32. The summed E-state index contributed by atoms with van der Waals surface area (Å²) in [6.07, 6.45) is 0.207. The summed E-state index contributed by atoms with van der Waals surface area (Å²) >= 11 is 1.57. The van der Waals surface area contributed by atoms with E-state index in [4.69, 9.17) is 0 Å². The molecule has 20 heavy (non-hydrogen) atoms. The van der Waals surface area contributed by atoms with Gasteiger partial charge >= 0.3 is 0 Å². The van der Waals surface area contributed by atoms with Crippen LogP contribution in [-0.4, -0.2) is 43.2 Å². The Morgan fingerprint density at radius 1 is 1.50 bits per heavy atom. The van der Waals surface area contributed by atoms with Crippen molar-refractivity contribution in [1.82, 2.24) is 0 Å². The molecule has 2 atom stereocenters. The summed E-state index contributed by atoms with van der Waals surface area (Å²) in [7, 11) is -3.28. The van der Waals surface area contributed by atoms with Gasteiger partial charge in [-0.3, -0.25) is 0 Å². The summed E-state index contributed by atoms with van der Waals surface area (Å²) < 4.78 is 37.8. The second kappa shape index (κ2) is 5.91. The summed E-state index contributed by atoms with van der Waals surface area (Å²) in [5, 5.41) is 9.10. The van der Waals surface area contributed by atoms with Gasteiger partial charge in [-0.25, -0.2) is 12.8 Å². The molecule has 1 N–H and O–H groups in total. The van der Waals surface area contributed by atoms with Gasteiger partial charge in [-0.2, -0.15) is 11.8 Å². The highest BCUT2D eigenvalue weighted by molar-refractivity contribution is 8.01. The van der Waals surface area contributed by atoms with Gasteiger partial charge in [0.05, 0.1) is 6.10 Å². The van der Waals surface area contributed by atoms with Crippen LogP contribution < -0.4 is 4.90 Å². The summed E-state index contributed by atoms with van der Waals surface area (Å²) in [5.41, 5.74) is 0.628. The summed E-state index contributed by atoms with van der Waals surface area (Å²) in [4.78, 5) is 1.69. The molecule has 112 valence electrons. The highest BCUT2D eigenvalue weighted by Gasteiger charge is 2.33. The number of aliphatic hydroxyl groups is 1. The molecular weight excluding hydrogens is 301 g/mol. The molecule has 1 fully saturated rings. The number of benzene rings is 1. The zero-order chi connectivity index (χ0) is 14.9. The third-order valence-corrected chi connectivity index (χ3v) is 5.98. The lowest BCUT2D eigenvalue weighted by Crippen LogP contribution is -2.47. The number of nitrogens with zero attached hydrogens (tertiary/aromatic N) is 1. The van der Waals surface area contributed by atoms with Crippen LogP contribution in [-0.2, 0) is 9.84 Å². The second-order valence-corrected chi connectivity index (χ2v) is 8.25. The molecule has 0 saturated carbocycles. The van der Waals surface area contributed by atoms with E-state index in [1.54, 1.807) is 22.7 Å². The predicted molar refractivity (Wildman–Crippen MR) is 80.3 cm³/mol. The van der Waals surface area contributed by atoms with E-state index in [0.717, 1.165) is 5.75 Å². The molecular formula is C13H18FNO3S2. The SMILES string of the molecule is C[C@@H](O)c1c(F)cccc1N1CCSCC1S(C)(=O)=O. The largest absolute Gasteiger partial charge is 0.389 e. The fourth-order valence-electron chi connectivity index (χ4n) is 2.40. The molecule has 1 heterocycles. The first kappa shape index (κ1) is 15.6. The van der Waals surface area contributed by atoms with Gasteiger partial charge in [0.15, 0.2) is 9.84 Å². The minimum Gasteiger partial charge on any atom is -0.389 e. The Morgan fingerprint density at radius 3 is 2.80 bits per heavy atom. The second-order valence-electron chi connectivity index (χ2n) is 4.90. The monoisotopic (exact) mass is 319 g/mol. The van der Waals surface area contributed by atoms with Gasteiger partial charge in [-0.15, -0.1) is 0 Å². The van der Waals surface area contributed by atoms with Crippen molar-refractivity contribution in [3.8, 4) is 0 Å². The summed E-state index contributed by atoms with van der Waals surface area (Å²) in [6, 6.07) is 4.48. The van der Waals surface area contributed by atoms with Crippen LogP contribution in [0, 0.1) is 5.82 Å². The topological polar surface area (TPSA) is 57.6 Å². The Balaban J connectivity index is 2.51. The van der Waals surface area contributed by atoms with E-state index in [-0.39, 0.29) is 5.56 Å². The smallest absolute Gasteiger partial charge is 0.169 e. The van der Waals surface area contributed by atoms with E-state index in [1.807, 2.05) is 0 Å². The maximum atomic E-state index is 13.9. The van der Waals surface area contributed by atoms with Gasteiger partial charge in [-0.1, -0.05) is 6.07 Å². The number of thioether (sulfide) groups is 1. The Hall–Kier alpha value is -0.790. The number of rotatable bonds is 3. The minimum atomic E-state index is -3.28. The highest BCUT2D eigenvalue weighted by Crippen LogP contribution is 2.33. The van der Waals surface area contributed by atoms with Crippen molar-refractivity contribution in [1.29, 1.82) is 0 Å². The molecule has 0 radical (unpaired) electrons. The number of sulfone groups is 1. The normalized spacial score (nSPS) is 21.8. The van der Waals surface area contributed by atoms with Crippen LogP contribution in [0.4, 0.5) is 10.1 Å². The van der Waals surface area contributed by atoms with E-state index < -0.39 is 27.1 Å². The van der Waals surface area contributed by atoms with Gasteiger partial charge in [0, 0.05) is 35.6 Å². The van der Waals surface area contributed by atoms with Gasteiger partial charge in [0.2, 0.25) is 0 Å². The number of anilines is 1. The number of aliphatic hydroxyl groups excluding tert-OH is 1. The van der Waals surface area contributed by atoms with E-state index in [0.29, 0.717) is 18.0 Å². The average molecular weight is 319 g/mol. The molecule has 1 aromatic carbocycles. The quantitative estimate of drug-likeness (QED) is 0.921. The van der Waals surface area contributed by atoms with Crippen LogP contribution in [0.15, 0.2) is 18.2 Å². The fraction of sp³-hybridized carbons (Fsp3) is 0.538. The standard InChI is InChI=1S/C13H18FNO3S2/c1-9(16)13-10(14)4-3-5-11(13)15-6-7-19-8-12(15)20(2,17)18/h3-5,9,12,16H,6-8H2,1-2H3/t9-,12?/m1/s1. The zero-order valence-electron chi connectivity index (χ0n) is 11.4. The summed E-state index contributed by atoms with van der Waals surface area (Å²) in [5.74, 6) is 0.721. The Bertz CT molecular complexity index is 589. The summed E-state index contributed by atoms with van der Waals surface area (Å²) in [6.45, 7) is 2.00. The maximum Gasteiger partial charge on any atom is 0.169 e. The Kier molecular flexibility index (Phi) is 4.61. The molecule has 7 heteroatoms. The molecule has 1 saturated heterocycles. The van der Waals surface area contributed by atoms with Crippen molar-refractivity contribution in [3.63, 3.8) is 0 Å². The van der Waals surface area contributed by atoms with E-state index >= 15 is 0 Å². The van der Waals surface area contributed by atoms with Crippen LogP contribution in [0.2, 0.25) is 0 Å². The van der Waals surface area contributed by atoms with Crippen molar-refractivity contribution in [2.24, 2.45) is 0 Å². The molecule has 1 aliphatic heterocycles. The van der Waals surface area contributed by atoms with Crippen molar-refractivity contribution < 1.29 is 17.9 Å². The lowest BCUT2D eigenvalue weighted by molar-refractivity contribution is 0.194. The molecule has 0 amide bonds. The van der Waals surface area contributed by atoms with Crippen molar-refractivity contribution in [3.05, 3.63) is 29.6 Å². The Morgan fingerprint density at radius 2 is 2.20 bits per heavy atom. The van der Waals surface area contributed by atoms with Crippen LogP contribution in [0.3, 0.4) is 0 Å². The Labute approximate surface area is 122 Å². The van der Waals surface area contributed by atoms with Gasteiger partial charge in [0.1, 0.15) is 11.2 Å². The third kappa shape index (κ3) is 3.10. The van der Waals surface area contributed by atoms with Crippen molar-refractivity contribution in [2.75, 3.05) is 29.2 Å². The number of hydrogen-bond acceptors (Lipinski definition) is 5. The lowest BCUT2D eigenvalue weighted by Gasteiger charge is -2.37. The minimum absolute atomic E-state index is 0.160. The number of halogens is 1. The third-order valence-electron chi connectivity index (χ3n) is 3.34. The zero-order valence-corrected chi connectivity index (χ0v) is 13.0.